The molecule has 6 heteroatoms. The molecule has 1 N–H and O–H groups in total. The van der Waals surface area contributed by atoms with Crippen LogP contribution in [0.1, 0.15) is 0 Å². The third-order valence-electron chi connectivity index (χ3n) is 2.51. The predicted octanol–water partition coefficient (Wildman–Crippen LogP) is 4.02. The van der Waals surface area contributed by atoms with E-state index in [0.29, 0.717) is 4.70 Å². The van der Waals surface area contributed by atoms with Crippen LogP contribution < -0.4 is 5.56 Å². The first-order chi connectivity index (χ1) is 8.65. The second-order valence-electron chi connectivity index (χ2n) is 3.68. The van der Waals surface area contributed by atoms with E-state index in [1.54, 1.807) is 0 Å². The Morgan fingerprint density at radius 2 is 2.17 bits per heavy atom. The Balaban J connectivity index is 2.29. The van der Waals surface area contributed by atoms with Gasteiger partial charge in [0.15, 0.2) is 0 Å². The standard InChI is InChI=1S/C12H6BrIN2OS/c13-8-2-1-6(14)3-7(8)10-4-9-11(18-10)12(17)16-5-15-9/h1-5H,(H,15,16,17). The van der Waals surface area contributed by atoms with E-state index >= 15 is 0 Å². The second kappa shape index (κ2) is 4.75. The van der Waals surface area contributed by atoms with Gasteiger partial charge in [-0.2, -0.15) is 0 Å². The Morgan fingerprint density at radius 3 is 2.94 bits per heavy atom. The van der Waals surface area contributed by atoms with Crippen LogP contribution in [0.25, 0.3) is 20.7 Å². The van der Waals surface area contributed by atoms with Crippen molar-refractivity contribution in [2.75, 3.05) is 0 Å². The number of hydrogen-bond donors (Lipinski definition) is 1. The molecule has 0 aliphatic carbocycles. The zero-order chi connectivity index (χ0) is 12.7. The first-order valence-corrected chi connectivity index (χ1v) is 7.76. The topological polar surface area (TPSA) is 45.8 Å². The highest BCUT2D eigenvalue weighted by atomic mass is 127. The summed E-state index contributed by atoms with van der Waals surface area (Å²) >= 11 is 7.27. The largest absolute Gasteiger partial charge is 0.312 e. The minimum atomic E-state index is -0.0852. The lowest BCUT2D eigenvalue weighted by Gasteiger charge is -2.01. The first-order valence-electron chi connectivity index (χ1n) is 5.08. The normalized spacial score (nSPS) is 11.0. The molecule has 0 amide bonds. The van der Waals surface area contributed by atoms with E-state index < -0.39 is 0 Å². The molecule has 0 bridgehead atoms. The summed E-state index contributed by atoms with van der Waals surface area (Å²) in [5.74, 6) is 0. The molecule has 3 nitrogen and oxygen atoms in total. The van der Waals surface area contributed by atoms with Crippen molar-refractivity contribution in [3.63, 3.8) is 0 Å². The summed E-state index contributed by atoms with van der Waals surface area (Å²) in [6.07, 6.45) is 1.44. The van der Waals surface area contributed by atoms with Crippen LogP contribution in [0.3, 0.4) is 0 Å². The van der Waals surface area contributed by atoms with E-state index in [-0.39, 0.29) is 5.56 Å². The molecule has 0 saturated carbocycles. The highest BCUT2D eigenvalue weighted by molar-refractivity contribution is 14.1. The third kappa shape index (κ3) is 2.12. The summed E-state index contributed by atoms with van der Waals surface area (Å²) in [6.45, 7) is 0. The average molecular weight is 433 g/mol. The van der Waals surface area contributed by atoms with Crippen molar-refractivity contribution in [2.24, 2.45) is 0 Å². The van der Waals surface area contributed by atoms with Crippen molar-refractivity contribution in [3.8, 4) is 10.4 Å². The van der Waals surface area contributed by atoms with E-state index in [0.717, 1.165) is 24.0 Å². The zero-order valence-electron chi connectivity index (χ0n) is 8.91. The van der Waals surface area contributed by atoms with Crippen LogP contribution >= 0.6 is 49.9 Å². The molecule has 2 heterocycles. The van der Waals surface area contributed by atoms with E-state index in [1.807, 2.05) is 18.2 Å². The molecule has 1 aromatic carbocycles. The maximum absolute atomic E-state index is 11.7. The zero-order valence-corrected chi connectivity index (χ0v) is 13.5. The summed E-state index contributed by atoms with van der Waals surface area (Å²) < 4.78 is 2.84. The van der Waals surface area contributed by atoms with Gasteiger partial charge >= 0.3 is 0 Å². The van der Waals surface area contributed by atoms with Gasteiger partial charge in [0.25, 0.3) is 5.56 Å². The van der Waals surface area contributed by atoms with Crippen LogP contribution in [0.4, 0.5) is 0 Å². The Morgan fingerprint density at radius 1 is 1.33 bits per heavy atom. The van der Waals surface area contributed by atoms with Crippen molar-refractivity contribution in [3.05, 3.63) is 49.0 Å². The number of aromatic amines is 1. The molecule has 0 saturated heterocycles. The molecule has 0 spiro atoms. The number of aromatic nitrogens is 2. The van der Waals surface area contributed by atoms with Gasteiger partial charge in [-0.3, -0.25) is 4.79 Å². The molecule has 0 fully saturated rings. The smallest absolute Gasteiger partial charge is 0.268 e. The fraction of sp³-hybridized carbons (Fsp3) is 0. The fourth-order valence-electron chi connectivity index (χ4n) is 1.69. The molecule has 0 radical (unpaired) electrons. The minimum absolute atomic E-state index is 0.0852. The molecule has 3 rings (SSSR count). The summed E-state index contributed by atoms with van der Waals surface area (Å²) in [7, 11) is 0. The number of fused-ring (bicyclic) bond motifs is 1. The molecule has 0 atom stereocenters. The summed E-state index contributed by atoms with van der Waals surface area (Å²) in [5.41, 5.74) is 1.74. The van der Waals surface area contributed by atoms with Crippen LogP contribution in [0, 0.1) is 3.57 Å². The van der Waals surface area contributed by atoms with Crippen LogP contribution in [0.15, 0.2) is 39.9 Å². The van der Waals surface area contributed by atoms with Gasteiger partial charge in [-0.15, -0.1) is 11.3 Å². The Kier molecular flexibility index (Phi) is 3.25. The van der Waals surface area contributed by atoms with E-state index in [2.05, 4.69) is 54.6 Å². The van der Waals surface area contributed by atoms with E-state index in [9.17, 15) is 4.79 Å². The van der Waals surface area contributed by atoms with Crippen molar-refractivity contribution in [1.29, 1.82) is 0 Å². The minimum Gasteiger partial charge on any atom is -0.312 e. The molecular formula is C12H6BrIN2OS. The molecule has 0 unspecified atom stereocenters. The van der Waals surface area contributed by atoms with Gasteiger partial charge in [0.05, 0.1) is 11.8 Å². The summed E-state index contributed by atoms with van der Waals surface area (Å²) in [6, 6.07) is 8.08. The number of thiophene rings is 1. The van der Waals surface area contributed by atoms with Crippen LogP contribution in [0.5, 0.6) is 0 Å². The molecule has 3 aromatic rings. The highest BCUT2D eigenvalue weighted by Gasteiger charge is 2.10. The number of H-pyrrole nitrogens is 1. The third-order valence-corrected chi connectivity index (χ3v) is 5.03. The number of nitrogens with zero attached hydrogens (tertiary/aromatic N) is 1. The lowest BCUT2D eigenvalue weighted by molar-refractivity contribution is 1.18. The van der Waals surface area contributed by atoms with Gasteiger partial charge in [-0.1, -0.05) is 15.9 Å². The van der Waals surface area contributed by atoms with Gasteiger partial charge in [-0.05, 0) is 46.9 Å². The maximum Gasteiger partial charge on any atom is 0.268 e. The van der Waals surface area contributed by atoms with E-state index in [4.69, 9.17) is 0 Å². The highest BCUT2D eigenvalue weighted by Crippen LogP contribution is 2.36. The summed E-state index contributed by atoms with van der Waals surface area (Å²) in [4.78, 5) is 19.5. The molecule has 18 heavy (non-hydrogen) atoms. The second-order valence-corrected chi connectivity index (χ2v) is 6.83. The predicted molar refractivity (Wildman–Crippen MR) is 86.1 cm³/mol. The first kappa shape index (κ1) is 12.3. The Labute approximate surface area is 129 Å². The molecule has 0 aliphatic rings. The number of rotatable bonds is 1. The van der Waals surface area contributed by atoms with Gasteiger partial charge < -0.3 is 4.98 Å². The Bertz CT molecular complexity index is 796. The monoisotopic (exact) mass is 432 g/mol. The van der Waals surface area contributed by atoms with Crippen molar-refractivity contribution in [2.45, 2.75) is 0 Å². The molecule has 0 aliphatic heterocycles. The summed E-state index contributed by atoms with van der Waals surface area (Å²) in [5, 5.41) is 0. The van der Waals surface area contributed by atoms with Crippen molar-refractivity contribution in [1.82, 2.24) is 9.97 Å². The van der Waals surface area contributed by atoms with Crippen LogP contribution in [-0.4, -0.2) is 9.97 Å². The maximum atomic E-state index is 11.7. The number of hydrogen-bond acceptors (Lipinski definition) is 3. The number of benzene rings is 1. The quantitative estimate of drug-likeness (QED) is 0.590. The Hall–Kier alpha value is -0.730. The lowest BCUT2D eigenvalue weighted by atomic mass is 10.2. The SMILES string of the molecule is O=c1[nH]cnc2cc(-c3cc(I)ccc3Br)sc12. The molecule has 90 valence electrons. The van der Waals surface area contributed by atoms with Gasteiger partial charge in [0.2, 0.25) is 0 Å². The fourth-order valence-corrected chi connectivity index (χ4v) is 3.80. The van der Waals surface area contributed by atoms with Crippen LogP contribution in [-0.2, 0) is 0 Å². The van der Waals surface area contributed by atoms with Crippen molar-refractivity contribution < 1.29 is 0 Å². The lowest BCUT2D eigenvalue weighted by Crippen LogP contribution is -2.02. The van der Waals surface area contributed by atoms with Gasteiger partial charge in [0.1, 0.15) is 4.70 Å². The van der Waals surface area contributed by atoms with Crippen LogP contribution in [0.2, 0.25) is 0 Å². The van der Waals surface area contributed by atoms with Gasteiger partial charge in [-0.25, -0.2) is 4.98 Å². The molecular weight excluding hydrogens is 427 g/mol. The number of halogens is 2. The van der Waals surface area contributed by atoms with Crippen molar-refractivity contribution >= 4 is 60.1 Å². The van der Waals surface area contributed by atoms with Gasteiger partial charge in [0, 0.05) is 18.5 Å². The van der Waals surface area contributed by atoms with E-state index in [1.165, 1.54) is 17.7 Å². The average Bonchev–Trinajstić information content (AvgIpc) is 2.77. The number of nitrogens with one attached hydrogen (secondary N) is 1. The molecule has 2 aromatic heterocycles.